The largest absolute Gasteiger partial charge is 0.455 e. The van der Waals surface area contributed by atoms with E-state index in [4.69, 9.17) is 9.15 Å². The molecule has 0 N–H and O–H groups in total. The third-order valence-electron chi connectivity index (χ3n) is 3.62. The molecular weight excluding hydrogens is 322 g/mol. The minimum Gasteiger partial charge on any atom is -0.455 e. The number of hydrogen-bond donors (Lipinski definition) is 0. The zero-order valence-corrected chi connectivity index (χ0v) is 13.5. The molecule has 0 saturated carbocycles. The Hall–Kier alpha value is -2.92. The molecule has 2 heterocycles. The fraction of sp³-hybridized carbons (Fsp3) is 0.0526. The molecule has 0 radical (unpaired) electrons. The molecule has 4 nitrogen and oxygen atoms in total. The zero-order chi connectivity index (χ0) is 16.4. The molecule has 0 aliphatic carbocycles. The normalized spacial score (nSPS) is 10.8. The molecule has 0 spiro atoms. The summed E-state index contributed by atoms with van der Waals surface area (Å²) in [7, 11) is 0. The summed E-state index contributed by atoms with van der Waals surface area (Å²) in [6.45, 7) is 0.0839. The van der Waals surface area contributed by atoms with E-state index in [0.717, 1.165) is 15.6 Å². The van der Waals surface area contributed by atoms with Gasteiger partial charge in [0.05, 0.1) is 10.4 Å². The van der Waals surface area contributed by atoms with Gasteiger partial charge in [0, 0.05) is 0 Å². The highest BCUT2D eigenvalue weighted by molar-refractivity contribution is 7.13. The first-order valence-electron chi connectivity index (χ1n) is 7.44. The molecule has 4 rings (SSSR count). The summed E-state index contributed by atoms with van der Waals surface area (Å²) in [4.78, 5) is 17.5. The summed E-state index contributed by atoms with van der Waals surface area (Å²) in [5.41, 5.74) is 1.11. The Bertz CT molecular complexity index is 989. The van der Waals surface area contributed by atoms with Gasteiger partial charge in [-0.15, -0.1) is 11.3 Å². The van der Waals surface area contributed by atoms with Gasteiger partial charge in [-0.25, -0.2) is 9.78 Å². The Balaban J connectivity index is 1.46. The van der Waals surface area contributed by atoms with Crippen molar-refractivity contribution in [1.29, 1.82) is 0 Å². The van der Waals surface area contributed by atoms with Gasteiger partial charge in [0.1, 0.15) is 18.6 Å². The van der Waals surface area contributed by atoms with Crippen molar-refractivity contribution < 1.29 is 13.9 Å². The highest BCUT2D eigenvalue weighted by Crippen LogP contribution is 2.24. The zero-order valence-electron chi connectivity index (χ0n) is 12.6. The lowest BCUT2D eigenvalue weighted by atomic mass is 10.1. The SMILES string of the molecule is O=C(OCc1coc(-c2cccs2)n1)c1ccc2ccccc2c1. The molecule has 5 heteroatoms. The Morgan fingerprint density at radius 1 is 1.08 bits per heavy atom. The molecule has 4 aromatic rings. The Morgan fingerprint density at radius 2 is 1.96 bits per heavy atom. The van der Waals surface area contributed by atoms with E-state index >= 15 is 0 Å². The van der Waals surface area contributed by atoms with Crippen LogP contribution in [-0.4, -0.2) is 11.0 Å². The standard InChI is InChI=1S/C19H13NO3S/c21-19(15-8-7-13-4-1-2-5-14(13)10-15)23-12-16-11-22-18(20-16)17-6-3-9-24-17/h1-11H,12H2. The molecule has 0 saturated heterocycles. The van der Waals surface area contributed by atoms with Crippen LogP contribution < -0.4 is 0 Å². The average Bonchev–Trinajstić information content (AvgIpc) is 3.30. The molecule has 0 unspecified atom stereocenters. The van der Waals surface area contributed by atoms with Gasteiger partial charge < -0.3 is 9.15 Å². The maximum Gasteiger partial charge on any atom is 0.338 e. The topological polar surface area (TPSA) is 52.3 Å². The molecule has 2 aromatic carbocycles. The molecule has 2 aromatic heterocycles. The van der Waals surface area contributed by atoms with Gasteiger partial charge in [-0.05, 0) is 34.4 Å². The van der Waals surface area contributed by atoms with Crippen molar-refractivity contribution in [3.8, 4) is 10.8 Å². The summed E-state index contributed by atoms with van der Waals surface area (Å²) < 4.78 is 10.7. The van der Waals surface area contributed by atoms with Crippen LogP contribution in [-0.2, 0) is 11.3 Å². The van der Waals surface area contributed by atoms with Gasteiger partial charge in [-0.1, -0.05) is 36.4 Å². The van der Waals surface area contributed by atoms with Gasteiger partial charge in [0.15, 0.2) is 0 Å². The first-order valence-corrected chi connectivity index (χ1v) is 8.32. The smallest absolute Gasteiger partial charge is 0.338 e. The van der Waals surface area contributed by atoms with Gasteiger partial charge >= 0.3 is 5.97 Å². The Kier molecular flexibility index (Phi) is 3.84. The number of thiophene rings is 1. The molecule has 0 amide bonds. The summed E-state index contributed by atoms with van der Waals surface area (Å²) in [5.74, 6) is 0.170. The number of fused-ring (bicyclic) bond motifs is 1. The number of carbonyl (C=O) groups excluding carboxylic acids is 1. The van der Waals surface area contributed by atoms with Crippen molar-refractivity contribution in [3.63, 3.8) is 0 Å². The summed E-state index contributed by atoms with van der Waals surface area (Å²) >= 11 is 1.55. The second-order valence-corrected chi connectivity index (χ2v) is 6.21. The van der Waals surface area contributed by atoms with E-state index < -0.39 is 0 Å². The van der Waals surface area contributed by atoms with Gasteiger partial charge in [-0.2, -0.15) is 0 Å². The third kappa shape index (κ3) is 2.94. The molecule has 0 bridgehead atoms. The highest BCUT2D eigenvalue weighted by Gasteiger charge is 2.11. The monoisotopic (exact) mass is 335 g/mol. The molecule has 118 valence electrons. The third-order valence-corrected chi connectivity index (χ3v) is 4.48. The van der Waals surface area contributed by atoms with Crippen LogP contribution in [0.2, 0.25) is 0 Å². The van der Waals surface area contributed by atoms with Crippen LogP contribution in [0.25, 0.3) is 21.5 Å². The molecule has 0 fully saturated rings. The number of hydrogen-bond acceptors (Lipinski definition) is 5. The Labute approximate surface area is 142 Å². The fourth-order valence-corrected chi connectivity index (χ4v) is 3.08. The van der Waals surface area contributed by atoms with Crippen molar-refractivity contribution in [2.75, 3.05) is 0 Å². The van der Waals surface area contributed by atoms with Gasteiger partial charge in [0.2, 0.25) is 5.89 Å². The predicted molar refractivity (Wildman–Crippen MR) is 92.9 cm³/mol. The molecule has 0 aliphatic rings. The molecule has 0 atom stereocenters. The summed E-state index contributed by atoms with van der Waals surface area (Å²) in [5, 5.41) is 4.05. The van der Waals surface area contributed by atoms with Crippen molar-refractivity contribution in [2.24, 2.45) is 0 Å². The van der Waals surface area contributed by atoms with E-state index in [1.807, 2.05) is 53.9 Å². The second kappa shape index (κ2) is 6.29. The van der Waals surface area contributed by atoms with E-state index in [1.165, 1.54) is 6.26 Å². The maximum atomic E-state index is 12.2. The van der Waals surface area contributed by atoms with Crippen LogP contribution in [0.3, 0.4) is 0 Å². The van der Waals surface area contributed by atoms with Crippen LogP contribution in [0.1, 0.15) is 16.1 Å². The van der Waals surface area contributed by atoms with Crippen molar-refractivity contribution in [3.05, 3.63) is 77.5 Å². The van der Waals surface area contributed by atoms with Crippen LogP contribution in [0.4, 0.5) is 0 Å². The number of rotatable bonds is 4. The van der Waals surface area contributed by atoms with Crippen molar-refractivity contribution in [1.82, 2.24) is 4.98 Å². The fourth-order valence-electron chi connectivity index (χ4n) is 2.43. The predicted octanol–water partition coefficient (Wildman–Crippen LogP) is 4.91. The van der Waals surface area contributed by atoms with E-state index in [9.17, 15) is 4.79 Å². The van der Waals surface area contributed by atoms with Crippen LogP contribution >= 0.6 is 11.3 Å². The van der Waals surface area contributed by atoms with Crippen molar-refractivity contribution >= 4 is 28.1 Å². The lowest BCUT2D eigenvalue weighted by Gasteiger charge is -2.04. The van der Waals surface area contributed by atoms with Gasteiger partial charge in [0.25, 0.3) is 0 Å². The number of ether oxygens (including phenoxy) is 1. The van der Waals surface area contributed by atoms with E-state index in [-0.39, 0.29) is 12.6 Å². The first-order chi connectivity index (χ1) is 11.8. The number of carbonyl (C=O) groups is 1. The number of aromatic nitrogens is 1. The van der Waals surface area contributed by atoms with Crippen molar-refractivity contribution in [2.45, 2.75) is 6.61 Å². The second-order valence-electron chi connectivity index (χ2n) is 5.26. The number of oxazole rings is 1. The van der Waals surface area contributed by atoms with Gasteiger partial charge in [-0.3, -0.25) is 0 Å². The molecule has 24 heavy (non-hydrogen) atoms. The lowest BCUT2D eigenvalue weighted by molar-refractivity contribution is 0.0468. The highest BCUT2D eigenvalue weighted by atomic mass is 32.1. The summed E-state index contributed by atoms with van der Waals surface area (Å²) in [6.07, 6.45) is 1.52. The first kappa shape index (κ1) is 14.7. The summed E-state index contributed by atoms with van der Waals surface area (Å²) in [6, 6.07) is 17.3. The maximum absolute atomic E-state index is 12.2. The number of esters is 1. The van der Waals surface area contributed by atoms with E-state index in [0.29, 0.717) is 17.1 Å². The van der Waals surface area contributed by atoms with Crippen LogP contribution in [0.15, 0.2) is 70.7 Å². The lowest BCUT2D eigenvalue weighted by Crippen LogP contribution is -2.05. The Morgan fingerprint density at radius 3 is 2.79 bits per heavy atom. The minimum atomic E-state index is -0.374. The van der Waals surface area contributed by atoms with E-state index in [2.05, 4.69) is 4.98 Å². The quantitative estimate of drug-likeness (QED) is 0.497. The van der Waals surface area contributed by atoms with Crippen LogP contribution in [0.5, 0.6) is 0 Å². The number of nitrogens with zero attached hydrogens (tertiary/aromatic N) is 1. The van der Waals surface area contributed by atoms with Crippen LogP contribution in [0, 0.1) is 0 Å². The minimum absolute atomic E-state index is 0.0839. The van der Waals surface area contributed by atoms with E-state index in [1.54, 1.807) is 17.4 Å². The molecular formula is C19H13NO3S. The molecule has 0 aliphatic heterocycles. The average molecular weight is 335 g/mol. The number of benzene rings is 2.